The lowest BCUT2D eigenvalue weighted by Gasteiger charge is -2.37. The van der Waals surface area contributed by atoms with E-state index in [1.165, 1.54) is 11.1 Å². The van der Waals surface area contributed by atoms with Gasteiger partial charge in [0, 0.05) is 26.2 Å². The zero-order chi connectivity index (χ0) is 14.0. The fraction of sp³-hybridized carbons (Fsp3) is 0.692. The van der Waals surface area contributed by atoms with Crippen molar-refractivity contribution in [3.05, 3.63) is 21.6 Å². The van der Waals surface area contributed by atoms with E-state index in [2.05, 4.69) is 22.2 Å². The molecule has 0 spiro atoms. The molecule has 106 valence electrons. The number of aryl methyl sites for hydroxylation is 1. The number of hydrogen-bond donors (Lipinski definition) is 1. The molecule has 2 atom stereocenters. The summed E-state index contributed by atoms with van der Waals surface area (Å²) in [6.45, 7) is 4.04. The molecular weight excluding hydrogens is 264 g/mol. The molecule has 19 heavy (non-hydrogen) atoms. The lowest BCUT2D eigenvalue weighted by Crippen LogP contribution is -2.44. The molecule has 2 unspecified atom stereocenters. The Bertz CT molecular complexity index is 502. The fourth-order valence-corrected chi connectivity index (χ4v) is 2.89. The van der Waals surface area contributed by atoms with E-state index in [1.807, 2.05) is 7.05 Å². The third-order valence-electron chi connectivity index (χ3n) is 4.02. The number of anilines is 1. The maximum Gasteiger partial charge on any atom is 0.287 e. The highest BCUT2D eigenvalue weighted by atomic mass is 35.5. The Labute approximate surface area is 118 Å². The Balaban J connectivity index is 2.22. The molecule has 0 aliphatic carbocycles. The summed E-state index contributed by atoms with van der Waals surface area (Å²) in [4.78, 5) is 14.0. The number of hydrogen-bond acceptors (Lipinski definition) is 4. The summed E-state index contributed by atoms with van der Waals surface area (Å²) in [5.41, 5.74) is 0.528. The van der Waals surface area contributed by atoms with Crippen LogP contribution in [0.4, 0.5) is 5.69 Å². The van der Waals surface area contributed by atoms with E-state index in [4.69, 9.17) is 11.6 Å². The minimum Gasteiger partial charge on any atom is -0.369 e. The molecule has 1 N–H and O–H groups in total. The van der Waals surface area contributed by atoms with Crippen molar-refractivity contribution in [2.45, 2.75) is 25.8 Å². The number of aromatic nitrogens is 2. The monoisotopic (exact) mass is 284 g/mol. The smallest absolute Gasteiger partial charge is 0.287 e. The summed E-state index contributed by atoms with van der Waals surface area (Å²) < 4.78 is 1.27. The van der Waals surface area contributed by atoms with Crippen molar-refractivity contribution in [1.29, 1.82) is 0 Å². The summed E-state index contributed by atoms with van der Waals surface area (Å²) in [6.07, 6.45) is 4.01. The van der Waals surface area contributed by atoms with Crippen molar-refractivity contribution < 1.29 is 0 Å². The van der Waals surface area contributed by atoms with Gasteiger partial charge in [0.25, 0.3) is 5.56 Å². The van der Waals surface area contributed by atoms with E-state index >= 15 is 0 Å². The van der Waals surface area contributed by atoms with Crippen LogP contribution in [0.25, 0.3) is 0 Å². The first kappa shape index (κ1) is 14.3. The molecule has 6 heteroatoms. The highest BCUT2D eigenvalue weighted by Crippen LogP contribution is 2.27. The molecule has 1 saturated heterocycles. The number of nitrogens with one attached hydrogen (secondary N) is 1. The van der Waals surface area contributed by atoms with Crippen molar-refractivity contribution in [3.8, 4) is 0 Å². The minimum absolute atomic E-state index is 0.233. The molecule has 1 fully saturated rings. The lowest BCUT2D eigenvalue weighted by molar-refractivity contribution is 0.333. The highest BCUT2D eigenvalue weighted by Gasteiger charge is 2.26. The summed E-state index contributed by atoms with van der Waals surface area (Å²) in [5.74, 6) is 0.568. The zero-order valence-corrected chi connectivity index (χ0v) is 12.4. The molecule has 0 aromatic carbocycles. The maximum absolute atomic E-state index is 11.8. The first-order chi connectivity index (χ1) is 9.04. The van der Waals surface area contributed by atoms with Gasteiger partial charge in [0.1, 0.15) is 5.02 Å². The number of piperidine rings is 1. The van der Waals surface area contributed by atoms with Crippen LogP contribution in [0.2, 0.25) is 5.02 Å². The number of rotatable bonds is 3. The second-order valence-electron chi connectivity index (χ2n) is 5.20. The minimum atomic E-state index is -0.233. The largest absolute Gasteiger partial charge is 0.369 e. The van der Waals surface area contributed by atoms with Crippen LogP contribution in [0, 0.1) is 5.92 Å². The molecule has 0 amide bonds. The second-order valence-corrected chi connectivity index (χ2v) is 5.58. The number of halogens is 1. The maximum atomic E-state index is 11.8. The van der Waals surface area contributed by atoms with Gasteiger partial charge in [-0.2, -0.15) is 5.10 Å². The third kappa shape index (κ3) is 2.92. The Hall–Kier alpha value is -1.07. The third-order valence-corrected chi connectivity index (χ3v) is 4.38. The van der Waals surface area contributed by atoms with Crippen LogP contribution in [-0.2, 0) is 7.05 Å². The summed E-state index contributed by atoms with van der Waals surface area (Å²) in [6, 6.07) is 0.459. The van der Waals surface area contributed by atoms with Crippen molar-refractivity contribution in [2.75, 3.05) is 25.0 Å². The zero-order valence-electron chi connectivity index (χ0n) is 11.7. The van der Waals surface area contributed by atoms with Gasteiger partial charge < -0.3 is 10.2 Å². The van der Waals surface area contributed by atoms with E-state index in [9.17, 15) is 4.79 Å². The van der Waals surface area contributed by atoms with E-state index in [0.717, 1.165) is 25.2 Å². The first-order valence-corrected chi connectivity index (χ1v) is 7.06. The molecular formula is C13H21ClN4O. The molecule has 2 rings (SSSR count). The van der Waals surface area contributed by atoms with Crippen molar-refractivity contribution in [3.63, 3.8) is 0 Å². The second kappa shape index (κ2) is 5.92. The standard InChI is InChI=1S/C13H21ClN4O/c1-9(15-2)10-5-4-6-18(8-10)11-7-16-17(3)13(19)12(11)14/h7,9-10,15H,4-6,8H2,1-3H3. The van der Waals surface area contributed by atoms with Gasteiger partial charge in [-0.25, -0.2) is 4.68 Å². The van der Waals surface area contributed by atoms with Crippen LogP contribution in [-0.4, -0.2) is 36.0 Å². The Morgan fingerprint density at radius 2 is 2.32 bits per heavy atom. The molecule has 2 heterocycles. The van der Waals surface area contributed by atoms with Gasteiger partial charge in [-0.3, -0.25) is 4.79 Å². The summed E-state index contributed by atoms with van der Waals surface area (Å²) >= 11 is 6.16. The molecule has 1 aliphatic rings. The van der Waals surface area contributed by atoms with E-state index in [0.29, 0.717) is 12.0 Å². The first-order valence-electron chi connectivity index (χ1n) is 6.68. The van der Waals surface area contributed by atoms with E-state index in [1.54, 1.807) is 13.2 Å². The van der Waals surface area contributed by atoms with Gasteiger partial charge in [0.2, 0.25) is 0 Å². The molecule has 0 saturated carbocycles. The van der Waals surface area contributed by atoms with E-state index in [-0.39, 0.29) is 10.6 Å². The fourth-order valence-electron chi connectivity index (χ4n) is 2.60. The molecule has 5 nitrogen and oxygen atoms in total. The van der Waals surface area contributed by atoms with Gasteiger partial charge in [-0.15, -0.1) is 0 Å². The Morgan fingerprint density at radius 1 is 1.58 bits per heavy atom. The van der Waals surface area contributed by atoms with Crippen LogP contribution < -0.4 is 15.8 Å². The van der Waals surface area contributed by atoms with Gasteiger partial charge in [0.15, 0.2) is 0 Å². The van der Waals surface area contributed by atoms with Crippen LogP contribution in [0.15, 0.2) is 11.0 Å². The SMILES string of the molecule is CNC(C)C1CCCN(c2cnn(C)c(=O)c2Cl)C1. The van der Waals surface area contributed by atoms with Crippen molar-refractivity contribution >= 4 is 17.3 Å². The predicted molar refractivity (Wildman–Crippen MR) is 77.9 cm³/mol. The molecule has 1 aromatic rings. The Kier molecular flexibility index (Phi) is 4.47. The van der Waals surface area contributed by atoms with Crippen LogP contribution in [0.1, 0.15) is 19.8 Å². The molecule has 0 bridgehead atoms. The summed E-state index contributed by atoms with van der Waals surface area (Å²) in [5, 5.41) is 7.64. The lowest BCUT2D eigenvalue weighted by atomic mass is 9.91. The topological polar surface area (TPSA) is 50.2 Å². The highest BCUT2D eigenvalue weighted by molar-refractivity contribution is 6.33. The average Bonchev–Trinajstić information content (AvgIpc) is 2.44. The van der Waals surface area contributed by atoms with Crippen LogP contribution in [0.5, 0.6) is 0 Å². The average molecular weight is 285 g/mol. The quantitative estimate of drug-likeness (QED) is 0.908. The van der Waals surface area contributed by atoms with Gasteiger partial charge in [-0.05, 0) is 32.7 Å². The molecule has 1 aromatic heterocycles. The summed E-state index contributed by atoms with van der Waals surface area (Å²) in [7, 11) is 3.59. The van der Waals surface area contributed by atoms with Gasteiger partial charge in [-0.1, -0.05) is 11.6 Å². The van der Waals surface area contributed by atoms with Crippen molar-refractivity contribution in [2.24, 2.45) is 13.0 Å². The predicted octanol–water partition coefficient (Wildman–Crippen LogP) is 1.26. The van der Waals surface area contributed by atoms with Crippen molar-refractivity contribution in [1.82, 2.24) is 15.1 Å². The molecule has 0 radical (unpaired) electrons. The number of nitrogens with zero attached hydrogens (tertiary/aromatic N) is 3. The van der Waals surface area contributed by atoms with E-state index < -0.39 is 0 Å². The normalized spacial score (nSPS) is 21.5. The van der Waals surface area contributed by atoms with Gasteiger partial charge in [0.05, 0.1) is 11.9 Å². The van der Waals surface area contributed by atoms with Crippen LogP contribution in [0.3, 0.4) is 0 Å². The molecule has 1 aliphatic heterocycles. The van der Waals surface area contributed by atoms with Crippen LogP contribution >= 0.6 is 11.6 Å². The Morgan fingerprint density at radius 3 is 3.00 bits per heavy atom. The van der Waals surface area contributed by atoms with Gasteiger partial charge >= 0.3 is 0 Å².